The highest BCUT2D eigenvalue weighted by molar-refractivity contribution is 6.63. The van der Waals surface area contributed by atoms with Crippen LogP contribution in [0.4, 0.5) is 26.3 Å². The average Bonchev–Trinajstić information content (AvgIpc) is 3.04. The van der Waals surface area contributed by atoms with Crippen LogP contribution >= 0.6 is 0 Å². The summed E-state index contributed by atoms with van der Waals surface area (Å²) in [5, 5.41) is 13.5. The molecule has 12 heteroatoms. The molecule has 1 N–H and O–H groups in total. The van der Waals surface area contributed by atoms with Crippen LogP contribution in [0.25, 0.3) is 10.9 Å². The van der Waals surface area contributed by atoms with Gasteiger partial charge in [0.25, 0.3) is 5.60 Å². The van der Waals surface area contributed by atoms with Crippen LogP contribution in [0, 0.1) is 6.92 Å². The molecule has 0 unspecified atom stereocenters. The Balaban J connectivity index is 2.02. The topological polar surface area (TPSA) is 56.5 Å². The Labute approximate surface area is 169 Å². The molecule has 2 heterocycles. The average molecular weight is 438 g/mol. The van der Waals surface area contributed by atoms with Gasteiger partial charge in [0.15, 0.2) is 0 Å². The van der Waals surface area contributed by atoms with E-state index in [1.54, 1.807) is 6.92 Å². The number of aliphatic hydroxyl groups is 1. The Morgan fingerprint density at radius 3 is 1.97 bits per heavy atom. The van der Waals surface area contributed by atoms with Gasteiger partial charge in [-0.1, -0.05) is 6.07 Å². The summed E-state index contributed by atoms with van der Waals surface area (Å²) in [6.45, 7) is 7.25. The van der Waals surface area contributed by atoms with E-state index in [0.717, 1.165) is 6.20 Å². The van der Waals surface area contributed by atoms with E-state index in [-0.39, 0.29) is 5.52 Å². The molecule has 1 saturated heterocycles. The largest absolute Gasteiger partial charge is 0.495 e. The maximum absolute atomic E-state index is 13.0. The Hall–Kier alpha value is -1.79. The van der Waals surface area contributed by atoms with Crippen LogP contribution < -0.4 is 5.46 Å². The second kappa shape index (κ2) is 6.60. The van der Waals surface area contributed by atoms with Crippen LogP contribution in [0.15, 0.2) is 18.3 Å². The summed E-state index contributed by atoms with van der Waals surface area (Å²) >= 11 is 0. The Morgan fingerprint density at radius 1 is 1.00 bits per heavy atom. The minimum atomic E-state index is -5.93. The Kier molecular flexibility index (Phi) is 5.04. The maximum Gasteiger partial charge on any atom is 0.495 e. The molecule has 5 nitrogen and oxygen atoms in total. The predicted molar refractivity (Wildman–Crippen MR) is 97.2 cm³/mol. The van der Waals surface area contributed by atoms with Gasteiger partial charge in [-0.3, -0.25) is 4.68 Å². The molecule has 1 aromatic heterocycles. The summed E-state index contributed by atoms with van der Waals surface area (Å²) in [6, 6.07) is 2.85. The van der Waals surface area contributed by atoms with Crippen molar-refractivity contribution in [2.75, 3.05) is 0 Å². The van der Waals surface area contributed by atoms with E-state index in [1.165, 1.54) is 12.1 Å². The van der Waals surface area contributed by atoms with Gasteiger partial charge in [-0.05, 0) is 51.7 Å². The second-order valence-electron chi connectivity index (χ2n) is 8.46. The molecule has 1 aliphatic rings. The molecule has 30 heavy (non-hydrogen) atoms. The summed E-state index contributed by atoms with van der Waals surface area (Å²) in [4.78, 5) is 0. The highest BCUT2D eigenvalue weighted by atomic mass is 19.4. The highest BCUT2D eigenvalue weighted by Crippen LogP contribution is 2.44. The molecule has 0 radical (unpaired) electrons. The summed E-state index contributed by atoms with van der Waals surface area (Å²) < 4.78 is 90.7. The van der Waals surface area contributed by atoms with Gasteiger partial charge in [-0.2, -0.15) is 31.4 Å². The van der Waals surface area contributed by atoms with Crippen molar-refractivity contribution in [3.8, 4) is 0 Å². The first-order chi connectivity index (χ1) is 13.4. The normalized spacial score (nSPS) is 19.7. The molecule has 1 fully saturated rings. The van der Waals surface area contributed by atoms with Gasteiger partial charge in [-0.15, -0.1) is 0 Å². The lowest BCUT2D eigenvalue weighted by Crippen LogP contribution is -2.59. The number of benzene rings is 1. The molecule has 2 aromatic rings. The lowest BCUT2D eigenvalue weighted by atomic mass is 9.75. The number of alkyl halides is 6. The number of halogens is 6. The van der Waals surface area contributed by atoms with Crippen LogP contribution in [-0.4, -0.2) is 51.2 Å². The van der Waals surface area contributed by atoms with E-state index in [1.807, 2.05) is 27.7 Å². The van der Waals surface area contributed by atoms with Crippen molar-refractivity contribution >= 4 is 23.5 Å². The molecule has 166 valence electrons. The van der Waals surface area contributed by atoms with Gasteiger partial charge >= 0.3 is 19.5 Å². The molecule has 1 aliphatic heterocycles. The number of hydrogen-bond donors (Lipinski definition) is 1. The third-order valence-electron chi connectivity index (χ3n) is 5.96. The molecule has 0 bridgehead atoms. The van der Waals surface area contributed by atoms with Crippen molar-refractivity contribution in [2.45, 2.75) is 70.3 Å². The first kappa shape index (κ1) is 22.9. The van der Waals surface area contributed by atoms with Crippen LogP contribution in [0.5, 0.6) is 0 Å². The van der Waals surface area contributed by atoms with E-state index in [0.29, 0.717) is 21.1 Å². The summed E-state index contributed by atoms with van der Waals surface area (Å²) in [5.41, 5.74) is -5.04. The van der Waals surface area contributed by atoms with Gasteiger partial charge in [-0.25, -0.2) is 0 Å². The summed E-state index contributed by atoms with van der Waals surface area (Å²) in [6.07, 6.45) is -10.7. The molecule has 1 aromatic carbocycles. The zero-order valence-electron chi connectivity index (χ0n) is 16.9. The predicted octanol–water partition coefficient (Wildman–Crippen LogP) is 3.50. The standard InChI is InChI=1S/C18H21BF6N2O3/c1-10-11-8-26-27(9-16(28,17(20,21)22)18(23,24)25)13(11)7-6-12(10)19-29-14(2,3)15(4,5)30-19/h6-8,28H,9H2,1-5H3. The number of aromatic nitrogens is 2. The molecular formula is C18H21BF6N2O3. The smallest absolute Gasteiger partial charge is 0.399 e. The van der Waals surface area contributed by atoms with E-state index in [4.69, 9.17) is 9.31 Å². The van der Waals surface area contributed by atoms with E-state index >= 15 is 0 Å². The van der Waals surface area contributed by atoms with Crippen molar-refractivity contribution in [3.63, 3.8) is 0 Å². The third kappa shape index (κ3) is 3.38. The summed E-state index contributed by atoms with van der Waals surface area (Å²) in [5.74, 6) is 0. The van der Waals surface area contributed by atoms with E-state index < -0.39 is 42.8 Å². The minimum Gasteiger partial charge on any atom is -0.399 e. The van der Waals surface area contributed by atoms with E-state index in [9.17, 15) is 31.4 Å². The highest BCUT2D eigenvalue weighted by Gasteiger charge is 2.70. The zero-order chi connectivity index (χ0) is 22.9. The van der Waals surface area contributed by atoms with Crippen LogP contribution in [0.3, 0.4) is 0 Å². The van der Waals surface area contributed by atoms with Crippen molar-refractivity contribution in [1.82, 2.24) is 9.78 Å². The lowest BCUT2D eigenvalue weighted by Gasteiger charge is -2.32. The van der Waals surface area contributed by atoms with E-state index in [2.05, 4.69) is 5.10 Å². The number of nitrogens with zero attached hydrogens (tertiary/aromatic N) is 2. The van der Waals surface area contributed by atoms with Crippen molar-refractivity contribution in [2.24, 2.45) is 0 Å². The number of fused-ring (bicyclic) bond motifs is 1. The van der Waals surface area contributed by atoms with Crippen molar-refractivity contribution < 1.29 is 40.8 Å². The third-order valence-corrected chi connectivity index (χ3v) is 5.96. The number of hydrogen-bond acceptors (Lipinski definition) is 4. The maximum atomic E-state index is 13.0. The van der Waals surface area contributed by atoms with Crippen LogP contribution in [0.1, 0.15) is 33.3 Å². The SMILES string of the molecule is Cc1c(B2OC(C)(C)C(C)(C)O2)ccc2c1cnn2CC(O)(C(F)(F)F)C(F)(F)F. The lowest BCUT2D eigenvalue weighted by molar-refractivity contribution is -0.372. The van der Waals surface area contributed by atoms with Gasteiger partial charge in [0.1, 0.15) is 0 Å². The molecule has 0 spiro atoms. The summed E-state index contributed by atoms with van der Waals surface area (Å²) in [7, 11) is -0.759. The molecule has 0 atom stereocenters. The number of aryl methyl sites for hydroxylation is 1. The van der Waals surface area contributed by atoms with Gasteiger partial charge in [0, 0.05) is 5.39 Å². The molecule has 0 amide bonds. The Morgan fingerprint density at radius 2 is 1.50 bits per heavy atom. The fraction of sp³-hybridized carbons (Fsp3) is 0.611. The quantitative estimate of drug-likeness (QED) is 0.589. The van der Waals surface area contributed by atoms with Gasteiger partial charge in [0.05, 0.1) is 29.5 Å². The van der Waals surface area contributed by atoms with Crippen molar-refractivity contribution in [1.29, 1.82) is 0 Å². The monoisotopic (exact) mass is 438 g/mol. The zero-order valence-corrected chi connectivity index (χ0v) is 16.9. The number of rotatable bonds is 3. The van der Waals surface area contributed by atoms with Crippen LogP contribution in [0.2, 0.25) is 0 Å². The van der Waals surface area contributed by atoms with Gasteiger partial charge in [0.2, 0.25) is 0 Å². The second-order valence-corrected chi connectivity index (χ2v) is 8.46. The Bertz CT molecular complexity index is 937. The molecule has 3 rings (SSSR count). The van der Waals surface area contributed by atoms with Crippen LogP contribution in [-0.2, 0) is 15.9 Å². The minimum absolute atomic E-state index is 0.0136. The fourth-order valence-electron chi connectivity index (χ4n) is 3.22. The van der Waals surface area contributed by atoms with Gasteiger partial charge < -0.3 is 14.4 Å². The molecule has 0 saturated carbocycles. The van der Waals surface area contributed by atoms with Crippen molar-refractivity contribution in [3.05, 3.63) is 23.9 Å². The molecule has 0 aliphatic carbocycles. The first-order valence-corrected chi connectivity index (χ1v) is 9.08. The molecular weight excluding hydrogens is 417 g/mol. The first-order valence-electron chi connectivity index (χ1n) is 9.08. The fourth-order valence-corrected chi connectivity index (χ4v) is 3.22.